The molecule has 1 unspecified atom stereocenters. The Bertz CT molecular complexity index is 543. The van der Waals surface area contributed by atoms with Crippen LogP contribution < -0.4 is 0 Å². The minimum Gasteiger partial charge on any atom is -0.481 e. The Morgan fingerprint density at radius 2 is 1.46 bits per heavy atom. The molecular formula is C20H28O6. The van der Waals surface area contributed by atoms with Crippen molar-refractivity contribution in [3.05, 3.63) is 48.6 Å². The van der Waals surface area contributed by atoms with E-state index in [-0.39, 0.29) is 18.6 Å². The maximum atomic E-state index is 11.6. The number of unbranched alkanes of at least 4 members (excludes halogenated alkanes) is 2. The second-order valence-corrected chi connectivity index (χ2v) is 5.76. The van der Waals surface area contributed by atoms with Gasteiger partial charge in [-0.2, -0.15) is 0 Å². The van der Waals surface area contributed by atoms with Gasteiger partial charge in [0.15, 0.2) is 5.78 Å². The number of carboxylic acids is 2. The molecule has 0 bridgehead atoms. The number of ketones is 1. The highest BCUT2D eigenvalue weighted by Crippen LogP contribution is 2.03. The molecule has 3 N–H and O–H groups in total. The monoisotopic (exact) mass is 364 g/mol. The van der Waals surface area contributed by atoms with Crippen molar-refractivity contribution in [3.8, 4) is 0 Å². The van der Waals surface area contributed by atoms with E-state index in [0.29, 0.717) is 25.7 Å². The summed E-state index contributed by atoms with van der Waals surface area (Å²) in [5, 5.41) is 26.6. The lowest BCUT2D eigenvalue weighted by Crippen LogP contribution is -2.03. The molecule has 0 radical (unpaired) electrons. The fourth-order valence-electron chi connectivity index (χ4n) is 1.97. The molecule has 0 spiro atoms. The number of allylic oxidation sites excluding steroid dienone is 7. The molecule has 0 aliphatic carbocycles. The minimum atomic E-state index is -0.871. The van der Waals surface area contributed by atoms with Gasteiger partial charge in [-0.1, -0.05) is 42.5 Å². The van der Waals surface area contributed by atoms with Crippen LogP contribution >= 0.6 is 0 Å². The molecule has 0 aliphatic heterocycles. The van der Waals surface area contributed by atoms with Crippen molar-refractivity contribution in [1.29, 1.82) is 0 Å². The van der Waals surface area contributed by atoms with Gasteiger partial charge in [-0.15, -0.1) is 0 Å². The van der Waals surface area contributed by atoms with Crippen LogP contribution in [0.15, 0.2) is 48.6 Å². The Balaban J connectivity index is 3.82. The zero-order chi connectivity index (χ0) is 19.6. The summed E-state index contributed by atoms with van der Waals surface area (Å²) in [5.74, 6) is -1.69. The summed E-state index contributed by atoms with van der Waals surface area (Å²) in [6.07, 6.45) is 16.2. The zero-order valence-corrected chi connectivity index (χ0v) is 14.9. The van der Waals surface area contributed by atoms with Crippen LogP contribution in [0.1, 0.15) is 51.4 Å². The van der Waals surface area contributed by atoms with E-state index in [1.165, 1.54) is 6.08 Å². The van der Waals surface area contributed by atoms with Crippen LogP contribution in [0.3, 0.4) is 0 Å². The Labute approximate surface area is 154 Å². The highest BCUT2D eigenvalue weighted by Gasteiger charge is 2.01. The second-order valence-electron chi connectivity index (χ2n) is 5.76. The van der Waals surface area contributed by atoms with Crippen LogP contribution in [0.2, 0.25) is 0 Å². The van der Waals surface area contributed by atoms with Crippen molar-refractivity contribution in [1.82, 2.24) is 0 Å². The van der Waals surface area contributed by atoms with Crippen molar-refractivity contribution in [2.24, 2.45) is 0 Å². The van der Waals surface area contributed by atoms with Gasteiger partial charge in [-0.25, -0.2) is 0 Å². The molecule has 0 saturated heterocycles. The van der Waals surface area contributed by atoms with Gasteiger partial charge in [0, 0.05) is 19.3 Å². The number of rotatable bonds is 15. The van der Waals surface area contributed by atoms with E-state index < -0.39 is 18.0 Å². The standard InChI is InChI=1S/C20H28O6/c21-17(11-6-2-1-3-9-15-19(23)24)12-7-4-5-8-13-18(22)14-10-16-20(25)26/h2,4-8,12-13,18,22H,1,3,9-11,14-16H2,(H,23,24)(H,25,26). The molecule has 0 aliphatic rings. The molecule has 0 fully saturated rings. The normalized spacial score (nSPS) is 13.3. The first kappa shape index (κ1) is 23.5. The molecule has 0 saturated carbocycles. The molecule has 0 heterocycles. The summed E-state index contributed by atoms with van der Waals surface area (Å²) in [7, 11) is 0. The van der Waals surface area contributed by atoms with Crippen LogP contribution in [-0.2, 0) is 14.4 Å². The Hall–Kier alpha value is -2.47. The average Bonchev–Trinajstić information content (AvgIpc) is 2.56. The summed E-state index contributed by atoms with van der Waals surface area (Å²) in [5.41, 5.74) is 0. The largest absolute Gasteiger partial charge is 0.481 e. The second kappa shape index (κ2) is 16.0. The lowest BCUT2D eigenvalue weighted by Gasteiger charge is -2.02. The highest BCUT2D eigenvalue weighted by atomic mass is 16.4. The van der Waals surface area contributed by atoms with Gasteiger partial charge in [0.25, 0.3) is 0 Å². The first-order chi connectivity index (χ1) is 12.4. The van der Waals surface area contributed by atoms with E-state index >= 15 is 0 Å². The number of hydrogen-bond acceptors (Lipinski definition) is 4. The predicted octanol–water partition coefficient (Wildman–Crippen LogP) is 3.43. The van der Waals surface area contributed by atoms with Crippen LogP contribution in [0.5, 0.6) is 0 Å². The molecule has 0 aromatic rings. The third-order valence-electron chi connectivity index (χ3n) is 3.34. The SMILES string of the molecule is O=C(O)CCCCC=CCC(=O)C=CC=CC=CC(O)CCCC(=O)O. The molecule has 0 aromatic heterocycles. The summed E-state index contributed by atoms with van der Waals surface area (Å²) in [6.45, 7) is 0. The van der Waals surface area contributed by atoms with Crippen molar-refractivity contribution in [2.75, 3.05) is 0 Å². The maximum absolute atomic E-state index is 11.6. The molecule has 144 valence electrons. The van der Waals surface area contributed by atoms with E-state index in [1.807, 2.05) is 6.08 Å². The lowest BCUT2D eigenvalue weighted by molar-refractivity contribution is -0.138. The Kier molecular flexibility index (Phi) is 14.5. The molecule has 1 atom stereocenters. The Morgan fingerprint density at radius 1 is 0.808 bits per heavy atom. The summed E-state index contributed by atoms with van der Waals surface area (Å²) in [6, 6.07) is 0. The molecular weight excluding hydrogens is 336 g/mol. The summed E-state index contributed by atoms with van der Waals surface area (Å²) in [4.78, 5) is 32.3. The van der Waals surface area contributed by atoms with E-state index in [9.17, 15) is 19.5 Å². The van der Waals surface area contributed by atoms with Crippen molar-refractivity contribution < 1.29 is 29.7 Å². The topological polar surface area (TPSA) is 112 Å². The van der Waals surface area contributed by atoms with Crippen molar-refractivity contribution in [2.45, 2.75) is 57.5 Å². The van der Waals surface area contributed by atoms with Gasteiger partial charge < -0.3 is 15.3 Å². The number of carbonyl (C=O) groups is 3. The van der Waals surface area contributed by atoms with Gasteiger partial charge in [0.2, 0.25) is 0 Å². The number of carbonyl (C=O) groups excluding carboxylic acids is 1. The van der Waals surface area contributed by atoms with Crippen molar-refractivity contribution in [3.63, 3.8) is 0 Å². The van der Waals surface area contributed by atoms with Gasteiger partial charge in [-0.3, -0.25) is 14.4 Å². The Morgan fingerprint density at radius 3 is 2.15 bits per heavy atom. The van der Waals surface area contributed by atoms with E-state index in [1.54, 1.807) is 36.5 Å². The van der Waals surface area contributed by atoms with Crippen LogP contribution in [0.25, 0.3) is 0 Å². The number of aliphatic hydroxyl groups excluding tert-OH is 1. The number of hydrogen-bond donors (Lipinski definition) is 3. The fourth-order valence-corrected chi connectivity index (χ4v) is 1.97. The molecule has 6 nitrogen and oxygen atoms in total. The van der Waals surface area contributed by atoms with E-state index in [2.05, 4.69) is 0 Å². The van der Waals surface area contributed by atoms with E-state index in [0.717, 1.165) is 12.8 Å². The third-order valence-corrected chi connectivity index (χ3v) is 3.34. The molecule has 0 aromatic carbocycles. The summed E-state index contributed by atoms with van der Waals surface area (Å²) >= 11 is 0. The van der Waals surface area contributed by atoms with Crippen LogP contribution in [0.4, 0.5) is 0 Å². The maximum Gasteiger partial charge on any atom is 0.303 e. The first-order valence-electron chi connectivity index (χ1n) is 8.73. The number of aliphatic hydroxyl groups is 1. The zero-order valence-electron chi connectivity index (χ0n) is 14.9. The van der Waals surface area contributed by atoms with Gasteiger partial charge in [0.1, 0.15) is 0 Å². The molecule has 26 heavy (non-hydrogen) atoms. The average molecular weight is 364 g/mol. The van der Waals surface area contributed by atoms with Crippen molar-refractivity contribution >= 4 is 17.7 Å². The minimum absolute atomic E-state index is 0.0332. The quantitative estimate of drug-likeness (QED) is 0.178. The van der Waals surface area contributed by atoms with Crippen LogP contribution in [0, 0.1) is 0 Å². The predicted molar refractivity (Wildman–Crippen MR) is 99.8 cm³/mol. The summed E-state index contributed by atoms with van der Waals surface area (Å²) < 4.78 is 0. The lowest BCUT2D eigenvalue weighted by atomic mass is 10.1. The number of aliphatic carboxylic acids is 2. The van der Waals surface area contributed by atoms with Crippen LogP contribution in [-0.4, -0.2) is 39.1 Å². The molecule has 0 rings (SSSR count). The van der Waals surface area contributed by atoms with E-state index in [4.69, 9.17) is 10.2 Å². The van der Waals surface area contributed by atoms with Gasteiger partial charge >= 0.3 is 11.9 Å². The third kappa shape index (κ3) is 17.9. The van der Waals surface area contributed by atoms with Gasteiger partial charge in [0.05, 0.1) is 6.10 Å². The molecule has 0 amide bonds. The van der Waals surface area contributed by atoms with Gasteiger partial charge in [-0.05, 0) is 38.2 Å². The number of carboxylic acid groups (broad SMARTS) is 2. The molecule has 6 heteroatoms. The fraction of sp³-hybridized carbons (Fsp3) is 0.450. The smallest absolute Gasteiger partial charge is 0.303 e. The highest BCUT2D eigenvalue weighted by molar-refractivity contribution is 5.90. The first-order valence-corrected chi connectivity index (χ1v) is 8.73.